The second kappa shape index (κ2) is 7.03. The molecule has 136 valence electrons. The van der Waals surface area contributed by atoms with Gasteiger partial charge in [-0.05, 0) is 18.2 Å². The molecule has 2 aromatic heterocycles. The molecule has 1 fully saturated rings. The van der Waals surface area contributed by atoms with Gasteiger partial charge >= 0.3 is 5.97 Å². The molecule has 0 saturated carbocycles. The fourth-order valence-electron chi connectivity index (χ4n) is 2.99. The molecule has 25 heavy (non-hydrogen) atoms. The van der Waals surface area contributed by atoms with Gasteiger partial charge in [-0.15, -0.1) is 0 Å². The third-order valence-electron chi connectivity index (χ3n) is 4.20. The van der Waals surface area contributed by atoms with Gasteiger partial charge in [0.25, 0.3) is 0 Å². The Morgan fingerprint density at radius 2 is 2.08 bits per heavy atom. The lowest BCUT2D eigenvalue weighted by atomic mass is 10.1. The van der Waals surface area contributed by atoms with Gasteiger partial charge in [0, 0.05) is 0 Å². The maximum absolute atomic E-state index is 11.9. The van der Waals surface area contributed by atoms with Crippen molar-refractivity contribution in [3.8, 4) is 0 Å². The van der Waals surface area contributed by atoms with E-state index in [0.717, 1.165) is 0 Å². The van der Waals surface area contributed by atoms with Gasteiger partial charge in [0.15, 0.2) is 9.84 Å². The van der Waals surface area contributed by atoms with Crippen LogP contribution in [0.4, 0.5) is 0 Å². The molecule has 0 aliphatic carbocycles. The van der Waals surface area contributed by atoms with Crippen LogP contribution in [0.3, 0.4) is 0 Å². The number of carbonyl (C=O) groups is 1. The molecule has 2 atom stereocenters. The predicted molar refractivity (Wildman–Crippen MR) is 86.5 cm³/mol. The quantitative estimate of drug-likeness (QED) is 0.745. The highest BCUT2D eigenvalue weighted by Crippen LogP contribution is 2.24. The Morgan fingerprint density at radius 1 is 1.28 bits per heavy atom. The van der Waals surface area contributed by atoms with Gasteiger partial charge in [-0.3, -0.25) is 4.90 Å². The minimum Gasteiger partial charge on any atom is -0.468 e. The van der Waals surface area contributed by atoms with Gasteiger partial charge in [-0.2, -0.15) is 0 Å². The fourth-order valence-corrected chi connectivity index (χ4v) is 4.82. The van der Waals surface area contributed by atoms with Crippen LogP contribution in [0.15, 0.2) is 39.6 Å². The van der Waals surface area contributed by atoms with Crippen LogP contribution in [0.5, 0.6) is 0 Å². The van der Waals surface area contributed by atoms with Crippen molar-refractivity contribution in [2.24, 2.45) is 0 Å². The van der Waals surface area contributed by atoms with Crippen molar-refractivity contribution in [2.75, 3.05) is 18.6 Å². The van der Waals surface area contributed by atoms with Crippen LogP contribution < -0.4 is 0 Å². The van der Waals surface area contributed by atoms with E-state index in [2.05, 4.69) is 0 Å². The number of rotatable bonds is 6. The third kappa shape index (κ3) is 3.94. The van der Waals surface area contributed by atoms with E-state index >= 15 is 0 Å². The summed E-state index contributed by atoms with van der Waals surface area (Å²) in [5.41, 5.74) is 0.266. The van der Waals surface area contributed by atoms with Crippen molar-refractivity contribution >= 4 is 15.8 Å². The lowest BCUT2D eigenvalue weighted by Gasteiger charge is -2.28. The van der Waals surface area contributed by atoms with Crippen LogP contribution in [0.1, 0.15) is 21.9 Å². The van der Waals surface area contributed by atoms with Crippen molar-refractivity contribution < 1.29 is 31.9 Å². The Balaban J connectivity index is 1.87. The number of hydrogen-bond acceptors (Lipinski definition) is 8. The molecule has 1 aliphatic heterocycles. The van der Waals surface area contributed by atoms with E-state index in [-0.39, 0.29) is 30.2 Å². The molecule has 3 rings (SSSR count). The first kappa shape index (κ1) is 17.7. The normalized spacial score (nSPS) is 22.4. The monoisotopic (exact) mass is 369 g/mol. The van der Waals surface area contributed by atoms with Gasteiger partial charge < -0.3 is 18.7 Å². The Morgan fingerprint density at radius 3 is 2.68 bits per heavy atom. The van der Waals surface area contributed by atoms with Crippen LogP contribution in [0, 0.1) is 0 Å². The minimum absolute atomic E-state index is 0.134. The molecule has 0 amide bonds. The highest BCUT2D eigenvalue weighted by Gasteiger charge is 2.40. The molecule has 1 N–H and O–H groups in total. The molecule has 2 aromatic rings. The Bertz CT molecular complexity index is 825. The summed E-state index contributed by atoms with van der Waals surface area (Å²) in [5, 5.41) is 10.2. The summed E-state index contributed by atoms with van der Waals surface area (Å²) in [6, 6.07) is 4.35. The van der Waals surface area contributed by atoms with Crippen molar-refractivity contribution in [3.05, 3.63) is 47.8 Å². The second-order valence-corrected chi connectivity index (χ2v) is 8.10. The van der Waals surface area contributed by atoms with Crippen molar-refractivity contribution in [1.29, 1.82) is 0 Å². The van der Waals surface area contributed by atoms with E-state index < -0.39 is 28.0 Å². The van der Waals surface area contributed by atoms with Gasteiger partial charge in [0.1, 0.15) is 17.1 Å². The summed E-state index contributed by atoms with van der Waals surface area (Å²) < 4.78 is 39.2. The average Bonchev–Trinajstić information content (AvgIpc) is 3.26. The van der Waals surface area contributed by atoms with Crippen molar-refractivity contribution in [2.45, 2.75) is 25.2 Å². The number of carbonyl (C=O) groups excluding carboxylic acids is 1. The zero-order valence-corrected chi connectivity index (χ0v) is 14.4. The van der Waals surface area contributed by atoms with Crippen LogP contribution in [-0.2, 0) is 27.7 Å². The fraction of sp³-hybridized carbons (Fsp3) is 0.438. The SMILES string of the molecule is COC(=O)c1ccoc1CN(Cc1ccco1)C1CS(=O)(=O)CC1O. The summed E-state index contributed by atoms with van der Waals surface area (Å²) in [4.78, 5) is 13.6. The molecule has 9 heteroatoms. The Labute approximate surface area is 144 Å². The van der Waals surface area contributed by atoms with Crippen LogP contribution in [0.25, 0.3) is 0 Å². The lowest BCUT2D eigenvalue weighted by molar-refractivity contribution is 0.0570. The smallest absolute Gasteiger partial charge is 0.341 e. The number of nitrogens with zero attached hydrogens (tertiary/aromatic N) is 1. The lowest BCUT2D eigenvalue weighted by Crippen LogP contribution is -2.42. The summed E-state index contributed by atoms with van der Waals surface area (Å²) in [5.74, 6) is -0.0313. The van der Waals surface area contributed by atoms with Gasteiger partial charge in [0.2, 0.25) is 0 Å². The van der Waals surface area contributed by atoms with E-state index in [1.165, 1.54) is 25.7 Å². The number of aliphatic hydroxyl groups excluding tert-OH is 1. The molecule has 1 saturated heterocycles. The molecule has 0 radical (unpaired) electrons. The number of aliphatic hydroxyl groups is 1. The maximum atomic E-state index is 11.9. The Hall–Kier alpha value is -2.10. The summed E-state index contributed by atoms with van der Waals surface area (Å²) in [6.45, 7) is 0.404. The minimum atomic E-state index is -3.32. The molecule has 0 bridgehead atoms. The number of hydrogen-bond donors (Lipinski definition) is 1. The number of sulfone groups is 1. The van der Waals surface area contributed by atoms with Crippen LogP contribution in [0.2, 0.25) is 0 Å². The molecule has 8 nitrogen and oxygen atoms in total. The molecular formula is C16H19NO7S. The number of methoxy groups -OCH3 is 1. The molecule has 2 unspecified atom stereocenters. The third-order valence-corrected chi connectivity index (χ3v) is 5.90. The maximum Gasteiger partial charge on any atom is 0.341 e. The number of esters is 1. The van der Waals surface area contributed by atoms with E-state index in [4.69, 9.17) is 13.6 Å². The summed E-state index contributed by atoms with van der Waals surface area (Å²) in [6.07, 6.45) is 1.87. The summed E-state index contributed by atoms with van der Waals surface area (Å²) in [7, 11) is -2.05. The van der Waals surface area contributed by atoms with Gasteiger partial charge in [-0.1, -0.05) is 0 Å². The molecule has 3 heterocycles. The molecular weight excluding hydrogens is 350 g/mol. The number of furan rings is 2. The van der Waals surface area contributed by atoms with Crippen molar-refractivity contribution in [3.63, 3.8) is 0 Å². The first-order valence-electron chi connectivity index (χ1n) is 7.69. The predicted octanol–water partition coefficient (Wildman–Crippen LogP) is 0.819. The largest absolute Gasteiger partial charge is 0.468 e. The second-order valence-electron chi connectivity index (χ2n) is 5.94. The van der Waals surface area contributed by atoms with E-state index in [1.807, 2.05) is 0 Å². The van der Waals surface area contributed by atoms with Crippen LogP contribution >= 0.6 is 0 Å². The average molecular weight is 369 g/mol. The van der Waals surface area contributed by atoms with E-state index in [9.17, 15) is 18.3 Å². The highest BCUT2D eigenvalue weighted by atomic mass is 32.2. The molecule has 0 aromatic carbocycles. The molecule has 1 aliphatic rings. The standard InChI is InChI=1S/C16H19NO7S/c1-22-16(19)12-4-6-24-15(12)8-17(7-11-3-2-5-23-11)13-9-25(20,21)10-14(13)18/h2-6,13-14,18H,7-10H2,1H3. The Kier molecular flexibility index (Phi) is 4.98. The zero-order valence-electron chi connectivity index (χ0n) is 13.6. The van der Waals surface area contributed by atoms with E-state index in [0.29, 0.717) is 11.5 Å². The highest BCUT2D eigenvalue weighted by molar-refractivity contribution is 7.91. The van der Waals surface area contributed by atoms with Crippen LogP contribution in [-0.4, -0.2) is 55.2 Å². The summed E-state index contributed by atoms with van der Waals surface area (Å²) >= 11 is 0. The van der Waals surface area contributed by atoms with E-state index in [1.54, 1.807) is 17.0 Å². The topological polar surface area (TPSA) is 110 Å². The first-order valence-corrected chi connectivity index (χ1v) is 9.51. The van der Waals surface area contributed by atoms with Gasteiger partial charge in [-0.25, -0.2) is 13.2 Å². The van der Waals surface area contributed by atoms with Crippen molar-refractivity contribution in [1.82, 2.24) is 4.90 Å². The first-order chi connectivity index (χ1) is 11.9. The van der Waals surface area contributed by atoms with Gasteiger partial charge in [0.05, 0.1) is 56.4 Å². The molecule has 0 spiro atoms. The zero-order chi connectivity index (χ0) is 18.0. The number of ether oxygens (including phenoxy) is 1.